The van der Waals surface area contributed by atoms with Gasteiger partial charge in [0.25, 0.3) is 5.91 Å². The molecular weight excluding hydrogens is 322 g/mol. The molecule has 0 aliphatic carbocycles. The average molecular weight is 341 g/mol. The maximum Gasteiger partial charge on any atom is 0.325 e. The zero-order valence-corrected chi connectivity index (χ0v) is 14.0. The summed E-state index contributed by atoms with van der Waals surface area (Å²) in [5.74, 6) is -0.649. The van der Waals surface area contributed by atoms with Gasteiger partial charge in [0.1, 0.15) is 12.3 Å². The number of amides is 4. The number of carbonyl (C=O) groups is 3. The van der Waals surface area contributed by atoms with E-state index in [1.807, 2.05) is 19.1 Å². The van der Waals surface area contributed by atoms with Crippen LogP contribution in [0.3, 0.4) is 0 Å². The van der Waals surface area contributed by atoms with Gasteiger partial charge in [0.05, 0.1) is 6.26 Å². The van der Waals surface area contributed by atoms with E-state index in [-0.39, 0.29) is 6.54 Å². The van der Waals surface area contributed by atoms with Crippen molar-refractivity contribution in [2.24, 2.45) is 0 Å². The summed E-state index contributed by atoms with van der Waals surface area (Å²) in [6, 6.07) is 10.0. The number of aryl methyl sites for hydroxylation is 1. The number of carbonyl (C=O) groups excluding carboxylic acids is 3. The molecule has 2 N–H and O–H groups in total. The highest BCUT2D eigenvalue weighted by Gasteiger charge is 2.51. The van der Waals surface area contributed by atoms with Crippen LogP contribution in [0.4, 0.5) is 10.5 Å². The highest BCUT2D eigenvalue weighted by atomic mass is 16.3. The standard InChI is InChI=1S/C18H19N3O4/c1-3-12-6-8-13(9-7-12)19-15(22)11-21-16(23)18(2,20-17(21)24)14-5-4-10-25-14/h4-10H,3,11H2,1-2H3,(H,19,22)(H,20,24)/t18-/m1/s1. The zero-order chi connectivity index (χ0) is 18.0. The fourth-order valence-electron chi connectivity index (χ4n) is 2.74. The summed E-state index contributed by atoms with van der Waals surface area (Å²) in [4.78, 5) is 37.8. The second-order valence-corrected chi connectivity index (χ2v) is 6.02. The maximum absolute atomic E-state index is 12.6. The molecule has 0 spiro atoms. The van der Waals surface area contributed by atoms with Gasteiger partial charge >= 0.3 is 6.03 Å². The van der Waals surface area contributed by atoms with Crippen molar-refractivity contribution in [2.45, 2.75) is 25.8 Å². The molecule has 1 saturated heterocycles. The van der Waals surface area contributed by atoms with Crippen molar-refractivity contribution in [1.29, 1.82) is 0 Å². The monoisotopic (exact) mass is 341 g/mol. The van der Waals surface area contributed by atoms with Crippen LogP contribution in [0, 0.1) is 0 Å². The molecule has 0 unspecified atom stereocenters. The number of rotatable bonds is 5. The third-order valence-electron chi connectivity index (χ3n) is 4.24. The number of imide groups is 1. The minimum Gasteiger partial charge on any atom is -0.466 e. The highest BCUT2D eigenvalue weighted by molar-refractivity contribution is 6.09. The quantitative estimate of drug-likeness (QED) is 0.816. The molecule has 2 heterocycles. The molecule has 130 valence electrons. The van der Waals surface area contributed by atoms with E-state index in [0.29, 0.717) is 11.4 Å². The van der Waals surface area contributed by atoms with Crippen LogP contribution in [0.2, 0.25) is 0 Å². The molecule has 1 aromatic carbocycles. The molecule has 0 saturated carbocycles. The Balaban J connectivity index is 1.68. The summed E-state index contributed by atoms with van der Waals surface area (Å²) in [5.41, 5.74) is 0.466. The molecule has 0 radical (unpaired) electrons. The van der Waals surface area contributed by atoms with Gasteiger partial charge in [0.2, 0.25) is 5.91 Å². The summed E-state index contributed by atoms with van der Waals surface area (Å²) in [6.07, 6.45) is 2.33. The summed E-state index contributed by atoms with van der Waals surface area (Å²) >= 11 is 0. The second kappa shape index (κ2) is 6.43. The van der Waals surface area contributed by atoms with Crippen LogP contribution >= 0.6 is 0 Å². The molecule has 2 aromatic rings. The van der Waals surface area contributed by atoms with E-state index in [0.717, 1.165) is 16.9 Å². The lowest BCUT2D eigenvalue weighted by atomic mass is 9.99. The van der Waals surface area contributed by atoms with Crippen LogP contribution in [0.15, 0.2) is 47.1 Å². The first-order valence-electron chi connectivity index (χ1n) is 8.01. The van der Waals surface area contributed by atoms with Crippen molar-refractivity contribution in [3.05, 3.63) is 54.0 Å². The Hall–Kier alpha value is -3.09. The molecule has 1 aromatic heterocycles. The number of anilines is 1. The van der Waals surface area contributed by atoms with Crippen molar-refractivity contribution in [3.8, 4) is 0 Å². The van der Waals surface area contributed by atoms with E-state index in [1.54, 1.807) is 31.2 Å². The number of benzene rings is 1. The topological polar surface area (TPSA) is 91.7 Å². The molecule has 7 nitrogen and oxygen atoms in total. The van der Waals surface area contributed by atoms with Crippen LogP contribution < -0.4 is 10.6 Å². The van der Waals surface area contributed by atoms with Gasteiger partial charge in [-0.2, -0.15) is 0 Å². The predicted octanol–water partition coefficient (Wildman–Crippen LogP) is 2.25. The minimum absolute atomic E-state index is 0.323. The fourth-order valence-corrected chi connectivity index (χ4v) is 2.74. The van der Waals surface area contributed by atoms with E-state index < -0.39 is 23.4 Å². The first-order chi connectivity index (χ1) is 11.9. The van der Waals surface area contributed by atoms with Crippen molar-refractivity contribution in [2.75, 3.05) is 11.9 Å². The number of nitrogens with zero attached hydrogens (tertiary/aromatic N) is 1. The predicted molar refractivity (Wildman–Crippen MR) is 90.8 cm³/mol. The van der Waals surface area contributed by atoms with Gasteiger partial charge < -0.3 is 15.1 Å². The van der Waals surface area contributed by atoms with Gasteiger partial charge in [-0.05, 0) is 43.2 Å². The lowest BCUT2D eigenvalue weighted by Gasteiger charge is -2.18. The second-order valence-electron chi connectivity index (χ2n) is 6.02. The van der Waals surface area contributed by atoms with Gasteiger partial charge in [0, 0.05) is 5.69 Å². The van der Waals surface area contributed by atoms with Crippen molar-refractivity contribution >= 4 is 23.5 Å². The van der Waals surface area contributed by atoms with Gasteiger partial charge in [-0.1, -0.05) is 19.1 Å². The molecule has 1 fully saturated rings. The van der Waals surface area contributed by atoms with Crippen molar-refractivity contribution < 1.29 is 18.8 Å². The molecular formula is C18H19N3O4. The maximum atomic E-state index is 12.6. The van der Waals surface area contributed by atoms with Crippen LogP contribution in [0.1, 0.15) is 25.2 Å². The van der Waals surface area contributed by atoms with E-state index >= 15 is 0 Å². The van der Waals surface area contributed by atoms with E-state index in [1.165, 1.54) is 6.26 Å². The van der Waals surface area contributed by atoms with Gasteiger partial charge in [-0.15, -0.1) is 0 Å². The number of nitrogens with one attached hydrogen (secondary N) is 2. The largest absolute Gasteiger partial charge is 0.466 e. The molecule has 1 atom stereocenters. The smallest absolute Gasteiger partial charge is 0.325 e. The summed E-state index contributed by atoms with van der Waals surface area (Å²) in [5, 5.41) is 5.27. The Morgan fingerprint density at radius 3 is 2.56 bits per heavy atom. The van der Waals surface area contributed by atoms with Gasteiger partial charge in [-0.3, -0.25) is 14.5 Å². The Morgan fingerprint density at radius 2 is 1.96 bits per heavy atom. The minimum atomic E-state index is -1.30. The Kier molecular flexibility index (Phi) is 4.31. The SMILES string of the molecule is CCc1ccc(NC(=O)CN2C(=O)N[C@](C)(c3ccco3)C2=O)cc1. The summed E-state index contributed by atoms with van der Waals surface area (Å²) in [6.45, 7) is 3.23. The molecule has 7 heteroatoms. The summed E-state index contributed by atoms with van der Waals surface area (Å²) < 4.78 is 5.25. The van der Waals surface area contributed by atoms with Crippen molar-refractivity contribution in [3.63, 3.8) is 0 Å². The van der Waals surface area contributed by atoms with E-state index in [4.69, 9.17) is 4.42 Å². The number of urea groups is 1. The van der Waals surface area contributed by atoms with E-state index in [2.05, 4.69) is 10.6 Å². The summed E-state index contributed by atoms with van der Waals surface area (Å²) in [7, 11) is 0. The van der Waals surface area contributed by atoms with Crippen LogP contribution in [-0.2, 0) is 21.5 Å². The molecule has 1 aliphatic rings. The van der Waals surface area contributed by atoms with Gasteiger partial charge in [-0.25, -0.2) is 4.79 Å². The van der Waals surface area contributed by atoms with Crippen LogP contribution in [0.5, 0.6) is 0 Å². The highest BCUT2D eigenvalue weighted by Crippen LogP contribution is 2.28. The van der Waals surface area contributed by atoms with Crippen LogP contribution in [0.25, 0.3) is 0 Å². The van der Waals surface area contributed by atoms with Crippen LogP contribution in [-0.4, -0.2) is 29.3 Å². The Bertz CT molecular complexity index is 798. The third kappa shape index (κ3) is 3.13. The number of hydrogen-bond acceptors (Lipinski definition) is 4. The Labute approximate surface area is 145 Å². The molecule has 1 aliphatic heterocycles. The molecule has 3 rings (SSSR count). The molecule has 4 amide bonds. The number of furan rings is 1. The third-order valence-corrected chi connectivity index (χ3v) is 4.24. The van der Waals surface area contributed by atoms with Crippen molar-refractivity contribution in [1.82, 2.24) is 10.2 Å². The lowest BCUT2D eigenvalue weighted by Crippen LogP contribution is -2.41. The first-order valence-corrected chi connectivity index (χ1v) is 8.01. The fraction of sp³-hybridized carbons (Fsp3) is 0.278. The molecule has 25 heavy (non-hydrogen) atoms. The first kappa shape index (κ1) is 16.8. The van der Waals surface area contributed by atoms with E-state index in [9.17, 15) is 14.4 Å². The molecule has 0 bridgehead atoms. The number of hydrogen-bond donors (Lipinski definition) is 2. The average Bonchev–Trinajstić information content (AvgIpc) is 3.20. The lowest BCUT2D eigenvalue weighted by molar-refractivity contribution is -0.134. The van der Waals surface area contributed by atoms with Gasteiger partial charge in [0.15, 0.2) is 5.54 Å². The zero-order valence-electron chi connectivity index (χ0n) is 14.0. The Morgan fingerprint density at radius 1 is 1.24 bits per heavy atom. The normalized spacial score (nSPS) is 19.8.